The first kappa shape index (κ1) is 16.1. The summed E-state index contributed by atoms with van der Waals surface area (Å²) in [7, 11) is 0. The number of nitrogen functional groups attached to an aromatic ring is 1. The fourth-order valence-corrected chi connectivity index (χ4v) is 3.84. The Labute approximate surface area is 131 Å². The van der Waals surface area contributed by atoms with Crippen LogP contribution in [0.25, 0.3) is 0 Å². The molecule has 5 heteroatoms. The van der Waals surface area contributed by atoms with Gasteiger partial charge in [-0.25, -0.2) is 0 Å². The zero-order chi connectivity index (χ0) is 15.6. The average molecular weight is 309 g/mol. The molecule has 1 saturated carbocycles. The van der Waals surface area contributed by atoms with Gasteiger partial charge in [0.25, 0.3) is 5.91 Å². The van der Waals surface area contributed by atoms with Crippen molar-refractivity contribution in [1.29, 1.82) is 0 Å². The van der Waals surface area contributed by atoms with Gasteiger partial charge >= 0.3 is 0 Å². The number of nitrogens with one attached hydrogen (secondary N) is 2. The third kappa shape index (κ3) is 3.51. The van der Waals surface area contributed by atoms with E-state index in [1.165, 1.54) is 29.7 Å². The zero-order valence-electron chi connectivity index (χ0n) is 13.5. The predicted octanol–water partition coefficient (Wildman–Crippen LogP) is 3.80. The number of amides is 1. The fraction of sp³-hybridized carbons (Fsp3) is 0.688. The van der Waals surface area contributed by atoms with E-state index in [1.54, 1.807) is 0 Å². The second-order valence-corrected chi connectivity index (χ2v) is 7.15. The molecule has 2 rings (SSSR count). The summed E-state index contributed by atoms with van der Waals surface area (Å²) >= 11 is 1.52. The molecule has 1 amide bonds. The molecule has 0 aromatic carbocycles. The van der Waals surface area contributed by atoms with E-state index in [9.17, 15) is 4.79 Å². The molecule has 1 aliphatic rings. The maximum Gasteiger partial charge on any atom is 0.263 e. The van der Waals surface area contributed by atoms with Gasteiger partial charge < -0.3 is 16.4 Å². The third-order valence-electron chi connectivity index (χ3n) is 4.07. The number of anilines is 2. The Morgan fingerprint density at radius 2 is 2.05 bits per heavy atom. The summed E-state index contributed by atoms with van der Waals surface area (Å²) in [6.45, 7) is 9.19. The Hall–Kier alpha value is -1.23. The maximum atomic E-state index is 12.2. The minimum absolute atomic E-state index is 0.0486. The van der Waals surface area contributed by atoms with Crippen LogP contribution < -0.4 is 16.4 Å². The van der Waals surface area contributed by atoms with Crippen LogP contribution in [0.15, 0.2) is 0 Å². The first-order valence-electron chi connectivity index (χ1n) is 7.96. The highest BCUT2D eigenvalue weighted by Gasteiger charge is 2.33. The summed E-state index contributed by atoms with van der Waals surface area (Å²) in [6, 6.07) is 0.419. The molecule has 1 aliphatic carbocycles. The van der Waals surface area contributed by atoms with Gasteiger partial charge in [0.05, 0.1) is 10.7 Å². The molecule has 1 heterocycles. The van der Waals surface area contributed by atoms with Gasteiger partial charge in [0.15, 0.2) is 0 Å². The summed E-state index contributed by atoms with van der Waals surface area (Å²) in [5, 5.41) is 7.60. The molecule has 21 heavy (non-hydrogen) atoms. The minimum atomic E-state index is -0.0486. The van der Waals surface area contributed by atoms with Gasteiger partial charge in [-0.1, -0.05) is 20.8 Å². The molecule has 1 aromatic rings. The van der Waals surface area contributed by atoms with Gasteiger partial charge in [-0.3, -0.25) is 4.79 Å². The normalized spacial score (nSPS) is 16.0. The monoisotopic (exact) mass is 309 g/mol. The molecule has 1 aromatic heterocycles. The molecule has 1 atom stereocenters. The molecule has 1 unspecified atom stereocenters. The summed E-state index contributed by atoms with van der Waals surface area (Å²) in [6.07, 6.45) is 3.43. The zero-order valence-corrected chi connectivity index (χ0v) is 14.3. The first-order chi connectivity index (χ1) is 9.99. The van der Waals surface area contributed by atoms with Crippen molar-refractivity contribution in [2.75, 3.05) is 17.6 Å². The van der Waals surface area contributed by atoms with Crippen LogP contribution >= 0.6 is 11.3 Å². The minimum Gasteiger partial charge on any atom is -0.397 e. The van der Waals surface area contributed by atoms with Crippen LogP contribution in [0.3, 0.4) is 0 Å². The number of nitrogens with two attached hydrogens (primary N) is 1. The molecule has 0 radical (unpaired) electrons. The highest BCUT2D eigenvalue weighted by Crippen LogP contribution is 2.51. The smallest absolute Gasteiger partial charge is 0.263 e. The SMILES string of the molecule is CCNC(=O)c1sc(NC(CC)C(C)C)c(C2CC2)c1N. The van der Waals surface area contributed by atoms with Gasteiger partial charge in [-0.15, -0.1) is 11.3 Å². The molecular formula is C16H27N3OS. The van der Waals surface area contributed by atoms with E-state index in [4.69, 9.17) is 5.73 Å². The number of hydrogen-bond acceptors (Lipinski definition) is 4. The molecule has 0 spiro atoms. The number of thiophene rings is 1. The van der Waals surface area contributed by atoms with Crippen LogP contribution in [0.1, 0.15) is 68.1 Å². The fourth-order valence-electron chi connectivity index (χ4n) is 2.66. The van der Waals surface area contributed by atoms with Crippen molar-refractivity contribution in [3.05, 3.63) is 10.4 Å². The lowest BCUT2D eigenvalue weighted by Crippen LogP contribution is -2.24. The van der Waals surface area contributed by atoms with E-state index in [0.29, 0.717) is 35.0 Å². The second-order valence-electron chi connectivity index (χ2n) is 6.12. The molecule has 1 fully saturated rings. The van der Waals surface area contributed by atoms with Crippen LogP contribution in [0.5, 0.6) is 0 Å². The highest BCUT2D eigenvalue weighted by atomic mass is 32.1. The van der Waals surface area contributed by atoms with Crippen molar-refractivity contribution in [3.63, 3.8) is 0 Å². The Kier molecular flexibility index (Phi) is 5.14. The Bertz CT molecular complexity index is 506. The van der Waals surface area contributed by atoms with Crippen molar-refractivity contribution in [3.8, 4) is 0 Å². The van der Waals surface area contributed by atoms with Gasteiger partial charge in [0.1, 0.15) is 4.88 Å². The van der Waals surface area contributed by atoms with Gasteiger partial charge in [-0.2, -0.15) is 0 Å². The molecule has 4 nitrogen and oxygen atoms in total. The van der Waals surface area contributed by atoms with Crippen molar-refractivity contribution in [1.82, 2.24) is 5.32 Å². The van der Waals surface area contributed by atoms with Crippen molar-refractivity contribution in [2.24, 2.45) is 5.92 Å². The lowest BCUT2D eigenvalue weighted by atomic mass is 10.0. The highest BCUT2D eigenvalue weighted by molar-refractivity contribution is 7.18. The molecular weight excluding hydrogens is 282 g/mol. The number of hydrogen-bond donors (Lipinski definition) is 3. The van der Waals surface area contributed by atoms with Crippen LogP contribution in [-0.2, 0) is 0 Å². The van der Waals surface area contributed by atoms with E-state index in [-0.39, 0.29) is 5.91 Å². The predicted molar refractivity (Wildman–Crippen MR) is 91.3 cm³/mol. The van der Waals surface area contributed by atoms with Crippen molar-refractivity contribution >= 4 is 27.9 Å². The Balaban J connectivity index is 2.31. The van der Waals surface area contributed by atoms with Crippen molar-refractivity contribution < 1.29 is 4.79 Å². The lowest BCUT2D eigenvalue weighted by Gasteiger charge is -2.22. The van der Waals surface area contributed by atoms with Gasteiger partial charge in [0, 0.05) is 18.2 Å². The number of carbonyl (C=O) groups excluding carboxylic acids is 1. The third-order valence-corrected chi connectivity index (χ3v) is 5.23. The van der Waals surface area contributed by atoms with E-state index in [1.807, 2.05) is 6.92 Å². The van der Waals surface area contributed by atoms with E-state index < -0.39 is 0 Å². The second kappa shape index (κ2) is 6.69. The summed E-state index contributed by atoms with van der Waals surface area (Å²) in [5.74, 6) is 1.04. The quantitative estimate of drug-likeness (QED) is 0.717. The first-order valence-corrected chi connectivity index (χ1v) is 8.78. The van der Waals surface area contributed by atoms with Gasteiger partial charge in [-0.05, 0) is 38.0 Å². The van der Waals surface area contributed by atoms with Crippen LogP contribution in [0, 0.1) is 5.92 Å². The largest absolute Gasteiger partial charge is 0.397 e. The summed E-state index contributed by atoms with van der Waals surface area (Å²) in [5.41, 5.74) is 8.15. The molecule has 4 N–H and O–H groups in total. The topological polar surface area (TPSA) is 67.2 Å². The Morgan fingerprint density at radius 3 is 2.52 bits per heavy atom. The van der Waals surface area contributed by atoms with Crippen molar-refractivity contribution in [2.45, 2.75) is 58.9 Å². The summed E-state index contributed by atoms with van der Waals surface area (Å²) in [4.78, 5) is 12.8. The number of carbonyl (C=O) groups is 1. The average Bonchev–Trinajstić information content (AvgIpc) is 3.20. The van der Waals surface area contributed by atoms with Gasteiger partial charge in [0.2, 0.25) is 0 Å². The van der Waals surface area contributed by atoms with E-state index >= 15 is 0 Å². The molecule has 0 aliphatic heterocycles. The number of rotatable bonds is 7. The Morgan fingerprint density at radius 1 is 1.38 bits per heavy atom. The molecule has 0 bridgehead atoms. The van der Waals surface area contributed by atoms with E-state index in [2.05, 4.69) is 31.4 Å². The standard InChI is InChI=1S/C16H27N3OS/c1-5-11(9(3)4)19-16-12(10-7-8-10)13(17)14(21-16)15(20)18-6-2/h9-11,19H,5-8,17H2,1-4H3,(H,18,20). The lowest BCUT2D eigenvalue weighted by molar-refractivity contribution is 0.0960. The van der Waals surface area contributed by atoms with Crippen LogP contribution in [0.2, 0.25) is 0 Å². The maximum absolute atomic E-state index is 12.2. The molecule has 0 saturated heterocycles. The van der Waals surface area contributed by atoms with Crippen LogP contribution in [-0.4, -0.2) is 18.5 Å². The summed E-state index contributed by atoms with van der Waals surface area (Å²) < 4.78 is 0. The molecule has 118 valence electrons. The van der Waals surface area contributed by atoms with E-state index in [0.717, 1.165) is 11.4 Å². The van der Waals surface area contributed by atoms with Crippen LogP contribution in [0.4, 0.5) is 10.7 Å².